The maximum Gasteiger partial charge on any atom is 0.329 e. The van der Waals surface area contributed by atoms with Crippen LogP contribution in [0.2, 0.25) is 0 Å². The molecule has 1 heterocycles. The van der Waals surface area contributed by atoms with E-state index in [9.17, 15) is 9.59 Å². The van der Waals surface area contributed by atoms with Crippen molar-refractivity contribution in [2.75, 3.05) is 18.1 Å². The third-order valence-electron chi connectivity index (χ3n) is 4.67. The first-order valence-electron chi connectivity index (χ1n) is 9.84. The Morgan fingerprint density at radius 1 is 1.13 bits per heavy atom. The summed E-state index contributed by atoms with van der Waals surface area (Å²) in [5.74, 6) is -0.720. The summed E-state index contributed by atoms with van der Waals surface area (Å²) in [6, 6.07) is 18.6. The molecule has 1 saturated heterocycles. The third-order valence-corrected chi connectivity index (χ3v) is 5.99. The molecule has 0 spiro atoms. The maximum absolute atomic E-state index is 13.3. The Morgan fingerprint density at radius 2 is 1.77 bits per heavy atom. The molecule has 2 aromatic rings. The average molecular weight is 441 g/mol. The van der Waals surface area contributed by atoms with Crippen molar-refractivity contribution < 1.29 is 14.3 Å². The van der Waals surface area contributed by atoms with Crippen LogP contribution in [-0.2, 0) is 20.7 Å². The fourth-order valence-corrected chi connectivity index (χ4v) is 4.55. The van der Waals surface area contributed by atoms with Gasteiger partial charge in [0.25, 0.3) is 5.91 Å². The van der Waals surface area contributed by atoms with E-state index in [1.807, 2.05) is 72.5 Å². The Kier molecular flexibility index (Phi) is 7.65. The number of hydrogen-bond donors (Lipinski definition) is 0. The predicted molar refractivity (Wildman–Crippen MR) is 125 cm³/mol. The number of carbonyl (C=O) groups excluding carboxylic acids is 2. The van der Waals surface area contributed by atoms with Gasteiger partial charge in [-0.1, -0.05) is 72.5 Å². The topological polar surface area (TPSA) is 49.9 Å². The summed E-state index contributed by atoms with van der Waals surface area (Å²) >= 11 is 6.71. The number of hydrogen-bond acceptors (Lipinski definition) is 6. The van der Waals surface area contributed by atoms with Gasteiger partial charge in [0.1, 0.15) is 10.4 Å². The van der Waals surface area contributed by atoms with E-state index in [0.29, 0.717) is 22.2 Å². The molecule has 2 aromatic carbocycles. The number of benzene rings is 2. The molecular weight excluding hydrogens is 416 g/mol. The molecule has 1 unspecified atom stereocenters. The van der Waals surface area contributed by atoms with Gasteiger partial charge in [0.15, 0.2) is 0 Å². The largest absolute Gasteiger partial charge is 0.464 e. The Hall–Kier alpha value is -2.64. The smallest absolute Gasteiger partial charge is 0.329 e. The Bertz CT molecular complexity index is 932. The van der Waals surface area contributed by atoms with Crippen molar-refractivity contribution in [2.24, 2.45) is 0 Å². The van der Waals surface area contributed by atoms with E-state index in [4.69, 9.17) is 17.0 Å². The summed E-state index contributed by atoms with van der Waals surface area (Å²) < 4.78 is 5.63. The van der Waals surface area contributed by atoms with Gasteiger partial charge < -0.3 is 9.64 Å². The van der Waals surface area contributed by atoms with Gasteiger partial charge in [0.05, 0.1) is 11.5 Å². The minimum Gasteiger partial charge on any atom is -0.464 e. The molecule has 0 aliphatic carbocycles. The van der Waals surface area contributed by atoms with Crippen molar-refractivity contribution in [3.8, 4) is 0 Å². The van der Waals surface area contributed by atoms with Crippen LogP contribution in [0.5, 0.6) is 0 Å². The van der Waals surface area contributed by atoms with Gasteiger partial charge in [-0.2, -0.15) is 0 Å². The zero-order valence-corrected chi connectivity index (χ0v) is 18.6. The van der Waals surface area contributed by atoms with Crippen molar-refractivity contribution in [3.63, 3.8) is 0 Å². The molecule has 7 heteroatoms. The second kappa shape index (κ2) is 10.4. The zero-order valence-electron chi connectivity index (χ0n) is 17.0. The Balaban J connectivity index is 1.88. The first-order chi connectivity index (χ1) is 14.5. The molecule has 30 heavy (non-hydrogen) atoms. The van der Waals surface area contributed by atoms with E-state index in [2.05, 4.69) is 0 Å². The number of carbonyl (C=O) groups is 2. The SMILES string of the molecule is CCOC(=O)C(Cc1ccccc1)N1C(=O)/C(=C/N(CC)c2ccccc2)SC1=S. The van der Waals surface area contributed by atoms with Crippen LogP contribution in [0.15, 0.2) is 71.8 Å². The summed E-state index contributed by atoms with van der Waals surface area (Å²) in [5.41, 5.74) is 1.92. The highest BCUT2D eigenvalue weighted by atomic mass is 32.2. The number of thioether (sulfide) groups is 1. The number of ether oxygens (including phenoxy) is 1. The lowest BCUT2D eigenvalue weighted by Crippen LogP contribution is -2.46. The minimum atomic E-state index is -0.794. The summed E-state index contributed by atoms with van der Waals surface area (Å²) in [6.45, 7) is 4.70. The monoisotopic (exact) mass is 440 g/mol. The molecule has 0 radical (unpaired) electrons. The molecule has 0 N–H and O–H groups in total. The predicted octanol–water partition coefficient (Wildman–Crippen LogP) is 4.39. The molecule has 1 aliphatic rings. The fourth-order valence-electron chi connectivity index (χ4n) is 3.20. The van der Waals surface area contributed by atoms with Gasteiger partial charge in [0, 0.05) is 24.9 Å². The van der Waals surface area contributed by atoms with Gasteiger partial charge >= 0.3 is 5.97 Å². The second-order valence-corrected chi connectivity index (χ2v) is 8.29. The van der Waals surface area contributed by atoms with E-state index in [1.54, 1.807) is 13.1 Å². The molecule has 1 fully saturated rings. The van der Waals surface area contributed by atoms with Crippen molar-refractivity contribution in [3.05, 3.63) is 77.3 Å². The average Bonchev–Trinajstić information content (AvgIpc) is 3.04. The zero-order chi connectivity index (χ0) is 21.5. The van der Waals surface area contributed by atoms with E-state index in [0.717, 1.165) is 11.3 Å². The molecule has 0 saturated carbocycles. The fraction of sp³-hybridized carbons (Fsp3) is 0.261. The van der Waals surface area contributed by atoms with E-state index < -0.39 is 12.0 Å². The van der Waals surface area contributed by atoms with Crippen LogP contribution in [0.1, 0.15) is 19.4 Å². The highest BCUT2D eigenvalue weighted by molar-refractivity contribution is 8.26. The van der Waals surface area contributed by atoms with Crippen molar-refractivity contribution in [2.45, 2.75) is 26.3 Å². The second-order valence-electron chi connectivity index (χ2n) is 6.62. The number of nitrogens with zero attached hydrogens (tertiary/aromatic N) is 2. The lowest BCUT2D eigenvalue weighted by Gasteiger charge is -2.25. The first kappa shape index (κ1) is 22.1. The van der Waals surface area contributed by atoms with Gasteiger partial charge in [-0.05, 0) is 31.5 Å². The van der Waals surface area contributed by atoms with Crippen LogP contribution in [0.25, 0.3) is 0 Å². The van der Waals surface area contributed by atoms with Gasteiger partial charge in [-0.3, -0.25) is 9.69 Å². The number of rotatable bonds is 8. The molecule has 5 nitrogen and oxygen atoms in total. The molecule has 1 amide bonds. The van der Waals surface area contributed by atoms with Crippen LogP contribution >= 0.6 is 24.0 Å². The van der Waals surface area contributed by atoms with Crippen LogP contribution in [0, 0.1) is 0 Å². The molecule has 1 atom stereocenters. The molecule has 0 aromatic heterocycles. The van der Waals surface area contributed by atoms with E-state index >= 15 is 0 Å². The quantitative estimate of drug-likeness (QED) is 0.345. The Labute approximate surface area is 186 Å². The van der Waals surface area contributed by atoms with Crippen molar-refractivity contribution in [1.29, 1.82) is 0 Å². The summed E-state index contributed by atoms with van der Waals surface area (Å²) in [4.78, 5) is 29.9. The Morgan fingerprint density at radius 3 is 2.37 bits per heavy atom. The third kappa shape index (κ3) is 5.09. The molecule has 1 aliphatic heterocycles. The van der Waals surface area contributed by atoms with Crippen LogP contribution in [0.3, 0.4) is 0 Å². The van der Waals surface area contributed by atoms with Crippen LogP contribution < -0.4 is 4.90 Å². The highest BCUT2D eigenvalue weighted by Gasteiger charge is 2.41. The molecular formula is C23H24N2O3S2. The standard InChI is InChI=1S/C23H24N2O3S2/c1-3-24(18-13-9-6-10-14-18)16-20-21(26)25(23(29)30-20)19(22(27)28-4-2)15-17-11-7-5-8-12-17/h5-14,16,19H,3-4,15H2,1-2H3/b20-16-. The number of amides is 1. The van der Waals surface area contributed by atoms with E-state index in [-0.39, 0.29) is 12.5 Å². The number of anilines is 1. The van der Waals surface area contributed by atoms with Gasteiger partial charge in [-0.15, -0.1) is 0 Å². The van der Waals surface area contributed by atoms with Crippen molar-refractivity contribution in [1.82, 2.24) is 4.90 Å². The summed E-state index contributed by atoms with van der Waals surface area (Å²) in [7, 11) is 0. The maximum atomic E-state index is 13.3. The molecule has 156 valence electrons. The number of thiocarbonyl (C=S) groups is 1. The summed E-state index contributed by atoms with van der Waals surface area (Å²) in [6.07, 6.45) is 2.15. The van der Waals surface area contributed by atoms with Crippen LogP contribution in [-0.4, -0.2) is 40.3 Å². The van der Waals surface area contributed by atoms with E-state index in [1.165, 1.54) is 16.7 Å². The lowest BCUT2D eigenvalue weighted by atomic mass is 10.0. The molecule has 3 rings (SSSR count). The van der Waals surface area contributed by atoms with Gasteiger partial charge in [-0.25, -0.2) is 4.79 Å². The number of esters is 1. The van der Waals surface area contributed by atoms with Crippen molar-refractivity contribution >= 4 is 45.9 Å². The van der Waals surface area contributed by atoms with Gasteiger partial charge in [0.2, 0.25) is 0 Å². The summed E-state index contributed by atoms with van der Waals surface area (Å²) in [5, 5.41) is 0. The highest BCUT2D eigenvalue weighted by Crippen LogP contribution is 2.34. The van der Waals surface area contributed by atoms with Crippen LogP contribution in [0.4, 0.5) is 5.69 Å². The number of para-hydroxylation sites is 1. The minimum absolute atomic E-state index is 0.242. The normalized spacial score (nSPS) is 16.1. The molecule has 0 bridgehead atoms. The lowest BCUT2D eigenvalue weighted by molar-refractivity contribution is -0.150. The first-order valence-corrected chi connectivity index (χ1v) is 11.1.